The van der Waals surface area contributed by atoms with Crippen LogP contribution in [0.25, 0.3) is 10.2 Å². The molecule has 0 saturated heterocycles. The van der Waals surface area contributed by atoms with Crippen LogP contribution in [0.1, 0.15) is 16.0 Å². The number of fused-ring (bicyclic) bond motifs is 1. The summed E-state index contributed by atoms with van der Waals surface area (Å²) in [6, 6.07) is 4.69. The zero-order valence-electron chi connectivity index (χ0n) is 12.0. The van der Waals surface area contributed by atoms with E-state index in [0.717, 1.165) is 15.8 Å². The summed E-state index contributed by atoms with van der Waals surface area (Å²) in [4.78, 5) is 10.6. The van der Waals surface area contributed by atoms with E-state index >= 15 is 0 Å². The van der Waals surface area contributed by atoms with Gasteiger partial charge in [0.25, 0.3) is 0 Å². The second-order valence-electron chi connectivity index (χ2n) is 4.77. The topological polar surface area (TPSA) is 90.6 Å². The molecule has 0 spiro atoms. The summed E-state index contributed by atoms with van der Waals surface area (Å²) in [5, 5.41) is 24.2. The summed E-state index contributed by atoms with van der Waals surface area (Å²) in [5.74, 6) is 0.226. The maximum atomic E-state index is 9.72. The SMILES string of the molecule is Cc1sc2ncnc(N/N=C/c3cccc(O)c3O)c2c1C. The number of thiophene rings is 1. The van der Waals surface area contributed by atoms with Gasteiger partial charge in [0.1, 0.15) is 11.2 Å². The minimum atomic E-state index is -0.205. The number of para-hydroxylation sites is 1. The van der Waals surface area contributed by atoms with Crippen molar-refractivity contribution in [3.05, 3.63) is 40.5 Å². The van der Waals surface area contributed by atoms with Gasteiger partial charge in [-0.2, -0.15) is 5.10 Å². The molecular formula is C15H14N4O2S. The number of hydrogen-bond acceptors (Lipinski definition) is 7. The molecule has 0 saturated carbocycles. The maximum Gasteiger partial charge on any atom is 0.166 e. The van der Waals surface area contributed by atoms with Gasteiger partial charge in [0.15, 0.2) is 17.3 Å². The van der Waals surface area contributed by atoms with Crippen LogP contribution in [0.4, 0.5) is 5.82 Å². The van der Waals surface area contributed by atoms with Crippen LogP contribution in [0, 0.1) is 13.8 Å². The highest BCUT2D eigenvalue weighted by Gasteiger charge is 2.11. The van der Waals surface area contributed by atoms with E-state index in [9.17, 15) is 10.2 Å². The number of nitrogens with zero attached hydrogens (tertiary/aromatic N) is 3. The summed E-state index contributed by atoms with van der Waals surface area (Å²) in [6.07, 6.45) is 2.92. The predicted molar refractivity (Wildman–Crippen MR) is 87.9 cm³/mol. The third kappa shape index (κ3) is 2.46. The Balaban J connectivity index is 1.91. The highest BCUT2D eigenvalue weighted by molar-refractivity contribution is 7.18. The molecule has 0 amide bonds. The van der Waals surface area contributed by atoms with E-state index < -0.39 is 0 Å². The first-order valence-electron chi connectivity index (χ1n) is 6.58. The molecule has 1 aromatic carbocycles. The molecule has 0 aliphatic carbocycles. The zero-order valence-corrected chi connectivity index (χ0v) is 12.8. The number of phenols is 2. The lowest BCUT2D eigenvalue weighted by Gasteiger charge is -2.03. The van der Waals surface area contributed by atoms with Gasteiger partial charge >= 0.3 is 0 Å². The van der Waals surface area contributed by atoms with Crippen LogP contribution in [0.2, 0.25) is 0 Å². The molecule has 3 aromatic rings. The van der Waals surface area contributed by atoms with Crippen molar-refractivity contribution in [2.75, 3.05) is 5.43 Å². The molecule has 112 valence electrons. The summed E-state index contributed by atoms with van der Waals surface area (Å²) >= 11 is 1.61. The molecule has 0 bridgehead atoms. The quantitative estimate of drug-likeness (QED) is 0.392. The van der Waals surface area contributed by atoms with Gasteiger partial charge in [-0.3, -0.25) is 5.43 Å². The molecular weight excluding hydrogens is 300 g/mol. The van der Waals surface area contributed by atoms with Crippen molar-refractivity contribution < 1.29 is 10.2 Å². The smallest absolute Gasteiger partial charge is 0.166 e. The second-order valence-corrected chi connectivity index (χ2v) is 5.97. The Labute approximate surface area is 130 Å². The summed E-state index contributed by atoms with van der Waals surface area (Å²) in [5.41, 5.74) is 4.41. The number of benzene rings is 1. The van der Waals surface area contributed by atoms with E-state index in [2.05, 4.69) is 20.5 Å². The average Bonchev–Trinajstić information content (AvgIpc) is 2.79. The van der Waals surface area contributed by atoms with Crippen molar-refractivity contribution in [2.45, 2.75) is 13.8 Å². The molecule has 7 heteroatoms. The van der Waals surface area contributed by atoms with Crippen molar-refractivity contribution in [3.63, 3.8) is 0 Å². The highest BCUT2D eigenvalue weighted by Crippen LogP contribution is 2.32. The van der Waals surface area contributed by atoms with Crippen molar-refractivity contribution in [1.82, 2.24) is 9.97 Å². The Morgan fingerprint density at radius 2 is 2.05 bits per heavy atom. The van der Waals surface area contributed by atoms with Crippen LogP contribution in [0.15, 0.2) is 29.6 Å². The third-order valence-corrected chi connectivity index (χ3v) is 4.50. The molecule has 3 rings (SSSR count). The van der Waals surface area contributed by atoms with Gasteiger partial charge in [0.05, 0.1) is 11.6 Å². The molecule has 0 aliphatic heterocycles. The van der Waals surface area contributed by atoms with Gasteiger partial charge in [-0.25, -0.2) is 9.97 Å². The van der Waals surface area contributed by atoms with Crippen LogP contribution < -0.4 is 5.43 Å². The lowest BCUT2D eigenvalue weighted by molar-refractivity contribution is 0.403. The standard InChI is InChI=1S/C15H14N4O2S/c1-8-9(2)22-15-12(8)14(16-7-17-15)19-18-6-10-4-3-5-11(20)13(10)21/h3-7,20-21H,1-2H3,(H,16,17,19)/b18-6+. The Kier molecular flexibility index (Phi) is 3.64. The van der Waals surface area contributed by atoms with Crippen LogP contribution in [-0.2, 0) is 0 Å². The van der Waals surface area contributed by atoms with Crippen molar-refractivity contribution in [3.8, 4) is 11.5 Å². The average molecular weight is 314 g/mol. The Morgan fingerprint density at radius 3 is 2.86 bits per heavy atom. The zero-order chi connectivity index (χ0) is 15.7. The molecule has 0 aliphatic rings. The predicted octanol–water partition coefficient (Wildman–Crippen LogP) is 3.17. The number of nitrogens with one attached hydrogen (secondary N) is 1. The first kappa shape index (κ1) is 14.3. The molecule has 2 aromatic heterocycles. The van der Waals surface area contributed by atoms with Crippen LogP contribution in [-0.4, -0.2) is 26.4 Å². The normalized spacial score (nSPS) is 11.4. The fourth-order valence-corrected chi connectivity index (χ4v) is 3.08. The minimum Gasteiger partial charge on any atom is -0.504 e. The van der Waals surface area contributed by atoms with Crippen LogP contribution in [0.3, 0.4) is 0 Å². The second kappa shape index (κ2) is 5.61. The van der Waals surface area contributed by atoms with Crippen molar-refractivity contribution in [2.24, 2.45) is 5.10 Å². The number of aryl methyl sites for hydroxylation is 2. The number of hydrazone groups is 1. The molecule has 3 N–H and O–H groups in total. The highest BCUT2D eigenvalue weighted by atomic mass is 32.1. The van der Waals surface area contributed by atoms with E-state index in [0.29, 0.717) is 11.4 Å². The third-order valence-electron chi connectivity index (χ3n) is 3.39. The Hall–Kier alpha value is -2.67. The van der Waals surface area contributed by atoms with Crippen molar-refractivity contribution in [1.29, 1.82) is 0 Å². The first-order valence-corrected chi connectivity index (χ1v) is 7.40. The molecule has 0 atom stereocenters. The summed E-state index contributed by atoms with van der Waals surface area (Å²) in [7, 11) is 0. The van der Waals surface area contributed by atoms with Gasteiger partial charge in [-0.1, -0.05) is 6.07 Å². The fourth-order valence-electron chi connectivity index (χ4n) is 2.08. The molecule has 2 heterocycles. The number of phenolic OH excluding ortho intramolecular Hbond substituents is 2. The number of anilines is 1. The van der Waals surface area contributed by atoms with E-state index in [1.54, 1.807) is 23.5 Å². The lowest BCUT2D eigenvalue weighted by atomic mass is 10.2. The lowest BCUT2D eigenvalue weighted by Crippen LogP contribution is -1.95. The summed E-state index contributed by atoms with van der Waals surface area (Å²) in [6.45, 7) is 4.06. The van der Waals surface area contributed by atoms with Crippen LogP contribution >= 0.6 is 11.3 Å². The summed E-state index contributed by atoms with van der Waals surface area (Å²) < 4.78 is 0. The van der Waals surface area contributed by atoms with E-state index in [1.807, 2.05) is 13.8 Å². The van der Waals surface area contributed by atoms with Gasteiger partial charge in [-0.05, 0) is 31.5 Å². The maximum absolute atomic E-state index is 9.72. The first-order chi connectivity index (χ1) is 10.6. The van der Waals surface area contributed by atoms with Crippen LogP contribution in [0.5, 0.6) is 11.5 Å². The Morgan fingerprint density at radius 1 is 1.23 bits per heavy atom. The van der Waals surface area contributed by atoms with Gasteiger partial charge in [0.2, 0.25) is 0 Å². The van der Waals surface area contributed by atoms with E-state index in [-0.39, 0.29) is 11.5 Å². The molecule has 0 unspecified atom stereocenters. The monoisotopic (exact) mass is 314 g/mol. The largest absolute Gasteiger partial charge is 0.504 e. The minimum absolute atomic E-state index is 0.183. The van der Waals surface area contributed by atoms with Gasteiger partial charge in [0, 0.05) is 10.4 Å². The van der Waals surface area contributed by atoms with Crippen molar-refractivity contribution >= 4 is 33.6 Å². The Bertz CT molecular complexity index is 873. The fraction of sp³-hybridized carbons (Fsp3) is 0.133. The number of aromatic nitrogens is 2. The molecule has 0 radical (unpaired) electrons. The number of aromatic hydroxyl groups is 2. The van der Waals surface area contributed by atoms with E-state index in [1.165, 1.54) is 23.5 Å². The number of hydrogen-bond donors (Lipinski definition) is 3. The van der Waals surface area contributed by atoms with Gasteiger partial charge in [-0.15, -0.1) is 11.3 Å². The number of rotatable bonds is 3. The molecule has 0 fully saturated rings. The van der Waals surface area contributed by atoms with E-state index in [4.69, 9.17) is 0 Å². The molecule has 6 nitrogen and oxygen atoms in total. The van der Waals surface area contributed by atoms with Gasteiger partial charge < -0.3 is 10.2 Å². The molecule has 22 heavy (non-hydrogen) atoms.